The van der Waals surface area contributed by atoms with Crippen molar-refractivity contribution in [2.45, 2.75) is 52.2 Å². The van der Waals surface area contributed by atoms with Crippen molar-refractivity contribution in [1.82, 2.24) is 14.7 Å². The first-order valence-corrected chi connectivity index (χ1v) is 7.22. The van der Waals surface area contributed by atoms with Gasteiger partial charge in [-0.3, -0.25) is 9.58 Å². The first-order chi connectivity index (χ1) is 8.72. The molecule has 2 rings (SSSR count). The molecule has 1 saturated heterocycles. The van der Waals surface area contributed by atoms with E-state index in [9.17, 15) is 0 Å². The van der Waals surface area contributed by atoms with Crippen LogP contribution in [0.3, 0.4) is 0 Å². The number of rotatable bonds is 5. The molecule has 1 aromatic heterocycles. The standard InChI is InChI=1S/C14H26N4/c1-3-6-18-10-12(8-16-18)9-17-7-5-14(15)13(4-2)11-17/h8,10,13-14H,3-7,9,11,15H2,1-2H3. The van der Waals surface area contributed by atoms with Gasteiger partial charge >= 0.3 is 0 Å². The minimum absolute atomic E-state index is 0.397. The normalized spacial score (nSPS) is 25.5. The highest BCUT2D eigenvalue weighted by atomic mass is 15.3. The maximum Gasteiger partial charge on any atom is 0.0534 e. The lowest BCUT2D eigenvalue weighted by Crippen LogP contribution is -2.46. The van der Waals surface area contributed by atoms with Crippen molar-refractivity contribution >= 4 is 0 Å². The van der Waals surface area contributed by atoms with Gasteiger partial charge in [0.1, 0.15) is 0 Å². The molecule has 1 fully saturated rings. The minimum atomic E-state index is 0.397. The minimum Gasteiger partial charge on any atom is -0.327 e. The molecule has 0 aromatic carbocycles. The summed E-state index contributed by atoms with van der Waals surface area (Å²) in [6.45, 7) is 8.72. The number of aromatic nitrogens is 2. The Labute approximate surface area is 110 Å². The van der Waals surface area contributed by atoms with Crippen LogP contribution in [0.1, 0.15) is 38.7 Å². The summed E-state index contributed by atoms with van der Waals surface area (Å²) in [5.41, 5.74) is 7.47. The van der Waals surface area contributed by atoms with E-state index in [1.807, 2.05) is 10.9 Å². The van der Waals surface area contributed by atoms with E-state index in [2.05, 4.69) is 30.0 Å². The van der Waals surface area contributed by atoms with E-state index >= 15 is 0 Å². The summed E-state index contributed by atoms with van der Waals surface area (Å²) in [4.78, 5) is 2.52. The number of hydrogen-bond donors (Lipinski definition) is 1. The third-order valence-corrected chi connectivity index (χ3v) is 3.95. The van der Waals surface area contributed by atoms with Crippen LogP contribution in [0.2, 0.25) is 0 Å². The average Bonchev–Trinajstić information content (AvgIpc) is 2.80. The molecule has 0 spiro atoms. The van der Waals surface area contributed by atoms with Crippen molar-refractivity contribution in [2.75, 3.05) is 13.1 Å². The predicted molar refractivity (Wildman–Crippen MR) is 74.2 cm³/mol. The maximum absolute atomic E-state index is 6.15. The lowest BCUT2D eigenvalue weighted by atomic mass is 9.90. The molecule has 18 heavy (non-hydrogen) atoms. The molecule has 2 heterocycles. The van der Waals surface area contributed by atoms with E-state index in [1.54, 1.807) is 0 Å². The molecule has 1 aromatic rings. The maximum atomic E-state index is 6.15. The predicted octanol–water partition coefficient (Wildman–Crippen LogP) is 1.85. The summed E-state index contributed by atoms with van der Waals surface area (Å²) in [6, 6.07) is 0.397. The molecule has 0 bridgehead atoms. The Balaban J connectivity index is 1.88. The number of piperidine rings is 1. The zero-order valence-corrected chi connectivity index (χ0v) is 11.7. The molecule has 0 saturated carbocycles. The number of likely N-dealkylation sites (tertiary alicyclic amines) is 1. The van der Waals surface area contributed by atoms with Gasteiger partial charge in [0.15, 0.2) is 0 Å². The van der Waals surface area contributed by atoms with Gasteiger partial charge in [-0.25, -0.2) is 0 Å². The molecule has 0 amide bonds. The number of nitrogens with zero attached hydrogens (tertiary/aromatic N) is 3. The Morgan fingerprint density at radius 1 is 1.44 bits per heavy atom. The zero-order chi connectivity index (χ0) is 13.0. The van der Waals surface area contributed by atoms with Crippen LogP contribution < -0.4 is 5.73 Å². The van der Waals surface area contributed by atoms with E-state index in [1.165, 1.54) is 12.0 Å². The second-order valence-corrected chi connectivity index (χ2v) is 5.47. The summed E-state index contributed by atoms with van der Waals surface area (Å²) in [7, 11) is 0. The lowest BCUT2D eigenvalue weighted by Gasteiger charge is -2.36. The lowest BCUT2D eigenvalue weighted by molar-refractivity contribution is 0.145. The molecule has 0 aliphatic carbocycles. The van der Waals surface area contributed by atoms with Crippen LogP contribution in [0.4, 0.5) is 0 Å². The molecule has 1 aliphatic heterocycles. The highest BCUT2D eigenvalue weighted by molar-refractivity contribution is 5.04. The monoisotopic (exact) mass is 250 g/mol. The molecule has 4 nitrogen and oxygen atoms in total. The van der Waals surface area contributed by atoms with E-state index in [0.29, 0.717) is 12.0 Å². The van der Waals surface area contributed by atoms with Crippen LogP contribution in [0.5, 0.6) is 0 Å². The average molecular weight is 250 g/mol. The van der Waals surface area contributed by atoms with Gasteiger partial charge in [0, 0.05) is 37.4 Å². The van der Waals surface area contributed by atoms with Gasteiger partial charge in [-0.2, -0.15) is 5.10 Å². The Kier molecular flexibility index (Phi) is 4.78. The van der Waals surface area contributed by atoms with E-state index in [4.69, 9.17) is 5.73 Å². The van der Waals surface area contributed by atoms with Gasteiger partial charge in [-0.1, -0.05) is 20.3 Å². The highest BCUT2D eigenvalue weighted by Gasteiger charge is 2.25. The third-order valence-electron chi connectivity index (χ3n) is 3.95. The largest absolute Gasteiger partial charge is 0.327 e. The SMILES string of the molecule is CCCn1cc(CN2CCC(N)C(CC)C2)cn1. The molecule has 2 unspecified atom stereocenters. The molecular weight excluding hydrogens is 224 g/mol. The smallest absolute Gasteiger partial charge is 0.0534 e. The fraction of sp³-hybridized carbons (Fsp3) is 0.786. The van der Waals surface area contributed by atoms with Crippen molar-refractivity contribution in [3.8, 4) is 0 Å². The van der Waals surface area contributed by atoms with Crippen LogP contribution in [-0.4, -0.2) is 33.8 Å². The highest BCUT2D eigenvalue weighted by Crippen LogP contribution is 2.20. The molecule has 2 N–H and O–H groups in total. The van der Waals surface area contributed by atoms with E-state index in [0.717, 1.165) is 39.0 Å². The van der Waals surface area contributed by atoms with Crippen molar-refractivity contribution in [3.63, 3.8) is 0 Å². The van der Waals surface area contributed by atoms with Crippen molar-refractivity contribution in [1.29, 1.82) is 0 Å². The molecular formula is C14H26N4. The number of nitrogens with two attached hydrogens (primary N) is 1. The molecule has 4 heteroatoms. The summed E-state index contributed by atoms with van der Waals surface area (Å²) in [6.07, 6.45) is 7.64. The fourth-order valence-corrected chi connectivity index (χ4v) is 2.80. The van der Waals surface area contributed by atoms with Gasteiger partial charge in [0.2, 0.25) is 0 Å². The van der Waals surface area contributed by atoms with Crippen molar-refractivity contribution in [2.24, 2.45) is 11.7 Å². The molecule has 102 valence electrons. The Bertz CT molecular complexity index is 360. The fourth-order valence-electron chi connectivity index (χ4n) is 2.80. The first kappa shape index (κ1) is 13.6. The van der Waals surface area contributed by atoms with Gasteiger partial charge in [-0.05, 0) is 25.3 Å². The van der Waals surface area contributed by atoms with Gasteiger partial charge in [0.05, 0.1) is 6.20 Å². The zero-order valence-electron chi connectivity index (χ0n) is 11.7. The quantitative estimate of drug-likeness (QED) is 0.867. The number of aryl methyl sites for hydroxylation is 1. The molecule has 1 aliphatic rings. The Morgan fingerprint density at radius 3 is 3.00 bits per heavy atom. The van der Waals surface area contributed by atoms with Crippen molar-refractivity contribution < 1.29 is 0 Å². The van der Waals surface area contributed by atoms with Crippen LogP contribution in [-0.2, 0) is 13.1 Å². The summed E-state index contributed by atoms with van der Waals surface area (Å²) < 4.78 is 2.04. The second-order valence-electron chi connectivity index (χ2n) is 5.47. The van der Waals surface area contributed by atoms with Gasteiger partial charge < -0.3 is 5.73 Å². The summed E-state index contributed by atoms with van der Waals surface area (Å²) >= 11 is 0. The van der Waals surface area contributed by atoms with Crippen LogP contribution >= 0.6 is 0 Å². The number of hydrogen-bond acceptors (Lipinski definition) is 3. The Hall–Kier alpha value is -0.870. The van der Waals surface area contributed by atoms with Crippen molar-refractivity contribution in [3.05, 3.63) is 18.0 Å². The van der Waals surface area contributed by atoms with E-state index < -0.39 is 0 Å². The summed E-state index contributed by atoms with van der Waals surface area (Å²) in [5, 5.41) is 4.39. The van der Waals surface area contributed by atoms with E-state index in [-0.39, 0.29) is 0 Å². The molecule has 2 atom stereocenters. The Morgan fingerprint density at radius 2 is 2.28 bits per heavy atom. The van der Waals surface area contributed by atoms with Gasteiger partial charge in [-0.15, -0.1) is 0 Å². The molecule has 0 radical (unpaired) electrons. The third kappa shape index (κ3) is 3.33. The van der Waals surface area contributed by atoms with Gasteiger partial charge in [0.25, 0.3) is 0 Å². The first-order valence-electron chi connectivity index (χ1n) is 7.22. The van der Waals surface area contributed by atoms with Crippen LogP contribution in [0.25, 0.3) is 0 Å². The second kappa shape index (κ2) is 6.34. The summed E-state index contributed by atoms with van der Waals surface area (Å²) in [5.74, 6) is 0.657. The van der Waals surface area contributed by atoms with Crippen LogP contribution in [0, 0.1) is 5.92 Å². The van der Waals surface area contributed by atoms with Crippen LogP contribution in [0.15, 0.2) is 12.4 Å². The topological polar surface area (TPSA) is 47.1 Å².